The molecule has 124 valence electrons. The van der Waals surface area contributed by atoms with E-state index in [0.29, 0.717) is 11.0 Å². The lowest BCUT2D eigenvalue weighted by Gasteiger charge is -2.14. The first-order chi connectivity index (χ1) is 10.9. The van der Waals surface area contributed by atoms with Crippen LogP contribution in [0.2, 0.25) is 0 Å². The zero-order chi connectivity index (χ0) is 16.7. The Bertz CT molecular complexity index is 753. The maximum absolute atomic E-state index is 11.6. The molecule has 2 aromatic rings. The van der Waals surface area contributed by atoms with Crippen LogP contribution in [-0.2, 0) is 4.74 Å². The van der Waals surface area contributed by atoms with Gasteiger partial charge in [0, 0.05) is 6.20 Å². The molecule has 1 saturated heterocycles. The van der Waals surface area contributed by atoms with Crippen molar-refractivity contribution in [2.75, 3.05) is 12.3 Å². The van der Waals surface area contributed by atoms with E-state index >= 15 is 0 Å². The van der Waals surface area contributed by atoms with Crippen LogP contribution in [0.15, 0.2) is 12.5 Å². The minimum absolute atomic E-state index is 0.101. The van der Waals surface area contributed by atoms with Gasteiger partial charge in [-0.25, -0.2) is 9.97 Å². The number of aromatic nitrogens is 3. The SMILES string of the molecule is NC(=O)c1cn(S[C@@H]2O[C@H](CO)[C@@H](O)[C@H]2O)c2ncnc(N)c12. The van der Waals surface area contributed by atoms with Crippen molar-refractivity contribution in [3.8, 4) is 0 Å². The molecule has 23 heavy (non-hydrogen) atoms. The first-order valence-electron chi connectivity index (χ1n) is 6.65. The molecule has 4 atom stereocenters. The van der Waals surface area contributed by atoms with Crippen LogP contribution in [0.5, 0.6) is 0 Å². The Morgan fingerprint density at radius 1 is 1.39 bits per heavy atom. The molecule has 7 N–H and O–H groups in total. The van der Waals surface area contributed by atoms with E-state index in [4.69, 9.17) is 21.3 Å². The van der Waals surface area contributed by atoms with E-state index in [1.54, 1.807) is 0 Å². The monoisotopic (exact) mass is 341 g/mol. The molecule has 1 aliphatic rings. The average molecular weight is 341 g/mol. The van der Waals surface area contributed by atoms with Crippen molar-refractivity contribution in [2.24, 2.45) is 5.73 Å². The summed E-state index contributed by atoms with van der Waals surface area (Å²) in [5.74, 6) is -0.596. The summed E-state index contributed by atoms with van der Waals surface area (Å²) in [4.78, 5) is 19.5. The fourth-order valence-corrected chi connectivity index (χ4v) is 3.50. The van der Waals surface area contributed by atoms with E-state index in [9.17, 15) is 15.0 Å². The number of carbonyl (C=O) groups is 1. The van der Waals surface area contributed by atoms with E-state index < -0.39 is 36.3 Å². The number of nitrogen functional groups attached to an aromatic ring is 1. The molecular formula is C12H15N5O5S. The van der Waals surface area contributed by atoms with E-state index in [1.165, 1.54) is 16.5 Å². The van der Waals surface area contributed by atoms with Gasteiger partial charge in [-0.15, -0.1) is 0 Å². The van der Waals surface area contributed by atoms with Crippen LogP contribution in [0.4, 0.5) is 5.82 Å². The lowest BCUT2D eigenvalue weighted by molar-refractivity contribution is -0.00812. The fourth-order valence-electron chi connectivity index (χ4n) is 2.39. The number of fused-ring (bicyclic) bond motifs is 1. The second-order valence-corrected chi connectivity index (χ2v) is 6.07. The van der Waals surface area contributed by atoms with Crippen molar-refractivity contribution in [3.63, 3.8) is 0 Å². The van der Waals surface area contributed by atoms with Crippen molar-refractivity contribution in [3.05, 3.63) is 18.1 Å². The number of amides is 1. The molecule has 0 aromatic carbocycles. The quantitative estimate of drug-likeness (QED) is 0.424. The van der Waals surface area contributed by atoms with E-state index in [1.807, 2.05) is 0 Å². The van der Waals surface area contributed by atoms with Crippen LogP contribution >= 0.6 is 11.9 Å². The Kier molecular flexibility index (Phi) is 4.12. The first kappa shape index (κ1) is 16.0. The zero-order valence-electron chi connectivity index (χ0n) is 11.7. The molecule has 0 spiro atoms. The fraction of sp³-hybridized carbons (Fsp3) is 0.417. The first-order valence-corrected chi connectivity index (χ1v) is 7.48. The van der Waals surface area contributed by atoms with Crippen LogP contribution in [0.3, 0.4) is 0 Å². The summed E-state index contributed by atoms with van der Waals surface area (Å²) in [5.41, 5.74) is 10.7. The van der Waals surface area contributed by atoms with Gasteiger partial charge in [-0.1, -0.05) is 0 Å². The van der Waals surface area contributed by atoms with Gasteiger partial charge in [-0.2, -0.15) is 0 Å². The van der Waals surface area contributed by atoms with Crippen molar-refractivity contribution < 1.29 is 24.9 Å². The number of carbonyl (C=O) groups excluding carboxylic acids is 1. The Morgan fingerprint density at radius 2 is 2.13 bits per heavy atom. The molecule has 3 heterocycles. The number of rotatable bonds is 4. The highest BCUT2D eigenvalue weighted by Gasteiger charge is 2.43. The molecule has 1 fully saturated rings. The summed E-state index contributed by atoms with van der Waals surface area (Å²) in [7, 11) is 0. The summed E-state index contributed by atoms with van der Waals surface area (Å²) >= 11 is 0.978. The van der Waals surface area contributed by atoms with Crippen LogP contribution in [0, 0.1) is 0 Å². The number of hydrogen-bond acceptors (Lipinski definition) is 9. The number of nitrogens with zero attached hydrogens (tertiary/aromatic N) is 3. The summed E-state index contributed by atoms with van der Waals surface area (Å²) in [5, 5.41) is 29.2. The third-order valence-electron chi connectivity index (χ3n) is 3.56. The van der Waals surface area contributed by atoms with Gasteiger partial charge in [0.15, 0.2) is 11.1 Å². The number of aliphatic hydroxyl groups is 3. The molecular weight excluding hydrogens is 326 g/mol. The minimum atomic E-state index is -1.22. The van der Waals surface area contributed by atoms with Crippen LogP contribution < -0.4 is 11.5 Å². The smallest absolute Gasteiger partial charge is 0.251 e. The predicted molar refractivity (Wildman–Crippen MR) is 81.2 cm³/mol. The van der Waals surface area contributed by atoms with Gasteiger partial charge in [0.1, 0.15) is 30.5 Å². The number of primary amides is 1. The van der Waals surface area contributed by atoms with Crippen molar-refractivity contribution in [2.45, 2.75) is 23.7 Å². The molecule has 0 bridgehead atoms. The van der Waals surface area contributed by atoms with Crippen molar-refractivity contribution >= 4 is 34.7 Å². The van der Waals surface area contributed by atoms with Crippen LogP contribution in [0.25, 0.3) is 11.0 Å². The summed E-state index contributed by atoms with van der Waals surface area (Å²) in [6.07, 6.45) is -0.672. The molecule has 0 unspecified atom stereocenters. The maximum Gasteiger partial charge on any atom is 0.251 e. The summed E-state index contributed by atoms with van der Waals surface area (Å²) in [6.45, 7) is -0.427. The number of ether oxygens (including phenoxy) is 1. The molecule has 10 nitrogen and oxygen atoms in total. The third kappa shape index (κ3) is 2.62. The van der Waals surface area contributed by atoms with Crippen LogP contribution in [0.1, 0.15) is 10.4 Å². The Labute approximate surface area is 134 Å². The van der Waals surface area contributed by atoms with Gasteiger partial charge >= 0.3 is 0 Å². The highest BCUT2D eigenvalue weighted by molar-refractivity contribution is 7.98. The van der Waals surface area contributed by atoms with Gasteiger partial charge < -0.3 is 31.5 Å². The predicted octanol–water partition coefficient (Wildman–Crippen LogP) is -1.95. The molecule has 11 heteroatoms. The molecule has 1 amide bonds. The number of aliphatic hydroxyl groups excluding tert-OH is 3. The van der Waals surface area contributed by atoms with E-state index in [2.05, 4.69) is 9.97 Å². The molecule has 0 aliphatic carbocycles. The van der Waals surface area contributed by atoms with Crippen LogP contribution in [-0.4, -0.2) is 65.5 Å². The molecule has 0 saturated carbocycles. The van der Waals surface area contributed by atoms with Gasteiger partial charge in [0.05, 0.1) is 17.6 Å². The number of anilines is 1. The Balaban J connectivity index is 1.98. The Hall–Kier alpha value is -1.92. The minimum Gasteiger partial charge on any atom is -0.394 e. The largest absolute Gasteiger partial charge is 0.394 e. The summed E-state index contributed by atoms with van der Waals surface area (Å²) in [6, 6.07) is 0. The van der Waals surface area contributed by atoms with Crippen molar-refractivity contribution in [1.82, 2.24) is 13.9 Å². The van der Waals surface area contributed by atoms with Crippen molar-refractivity contribution in [1.29, 1.82) is 0 Å². The topological polar surface area (TPSA) is 170 Å². The van der Waals surface area contributed by atoms with Gasteiger partial charge in [-0.05, 0) is 11.9 Å². The average Bonchev–Trinajstić information content (AvgIpc) is 3.02. The Morgan fingerprint density at radius 3 is 2.74 bits per heavy atom. The highest BCUT2D eigenvalue weighted by atomic mass is 32.2. The van der Waals surface area contributed by atoms with E-state index in [-0.39, 0.29) is 11.4 Å². The third-order valence-corrected chi connectivity index (χ3v) is 4.67. The summed E-state index contributed by atoms with van der Waals surface area (Å²) < 4.78 is 6.86. The normalized spacial score (nSPS) is 27.6. The van der Waals surface area contributed by atoms with E-state index in [0.717, 1.165) is 11.9 Å². The van der Waals surface area contributed by atoms with Gasteiger partial charge in [0.25, 0.3) is 5.91 Å². The molecule has 0 radical (unpaired) electrons. The second kappa shape index (κ2) is 5.94. The lowest BCUT2D eigenvalue weighted by Crippen LogP contribution is -2.33. The number of hydrogen-bond donors (Lipinski definition) is 5. The standard InChI is InChI=1S/C12H15N5O5S/c13-9-6-4(10(14)21)1-17(11(6)16-3-15-9)23-12-8(20)7(19)5(2-18)22-12/h1,3,5,7-8,12,18-20H,2H2,(H2,14,21)(H2,13,15,16)/t5-,7-,8-,12+/m1/s1. The second-order valence-electron chi connectivity index (χ2n) is 5.00. The van der Waals surface area contributed by atoms with Gasteiger partial charge in [0.2, 0.25) is 0 Å². The van der Waals surface area contributed by atoms with Gasteiger partial charge in [-0.3, -0.25) is 8.77 Å². The molecule has 2 aromatic heterocycles. The molecule has 1 aliphatic heterocycles. The molecule has 3 rings (SSSR count). The maximum atomic E-state index is 11.6. The zero-order valence-corrected chi connectivity index (χ0v) is 12.6. The highest BCUT2D eigenvalue weighted by Crippen LogP contribution is 2.34. The number of nitrogens with two attached hydrogens (primary N) is 2. The lowest BCUT2D eigenvalue weighted by atomic mass is 10.2.